The van der Waals surface area contributed by atoms with Crippen molar-refractivity contribution in [2.45, 2.75) is 32.2 Å². The molecule has 0 bridgehead atoms. The van der Waals surface area contributed by atoms with Gasteiger partial charge in [0.15, 0.2) is 5.82 Å². The molecule has 0 spiro atoms. The van der Waals surface area contributed by atoms with E-state index in [0.29, 0.717) is 17.1 Å². The van der Waals surface area contributed by atoms with E-state index < -0.39 is 0 Å². The number of furan rings is 1. The summed E-state index contributed by atoms with van der Waals surface area (Å²) >= 11 is 0. The maximum atomic E-state index is 12.5. The van der Waals surface area contributed by atoms with E-state index in [1.807, 2.05) is 18.3 Å². The monoisotopic (exact) mass is 334 g/mol. The SMILES string of the molecule is Cc1occc1C(=O)N[C@H]1CCCc2nc(-c3ccncc3)ncc21. The molecule has 1 aliphatic rings. The lowest BCUT2D eigenvalue weighted by Crippen LogP contribution is -2.31. The van der Waals surface area contributed by atoms with E-state index in [1.54, 1.807) is 25.4 Å². The van der Waals surface area contributed by atoms with Crippen LogP contribution >= 0.6 is 0 Å². The first-order chi connectivity index (χ1) is 12.2. The Bertz CT molecular complexity index is 905. The number of aromatic nitrogens is 3. The number of carbonyl (C=O) groups excluding carboxylic acids is 1. The minimum Gasteiger partial charge on any atom is -0.469 e. The number of nitrogens with zero attached hydrogens (tertiary/aromatic N) is 3. The molecular formula is C19H18N4O2. The quantitative estimate of drug-likeness (QED) is 0.795. The molecule has 3 aromatic heterocycles. The van der Waals surface area contributed by atoms with Gasteiger partial charge in [-0.05, 0) is 44.4 Å². The van der Waals surface area contributed by atoms with Crippen LogP contribution < -0.4 is 5.32 Å². The molecular weight excluding hydrogens is 316 g/mol. The third-order valence-electron chi connectivity index (χ3n) is 4.53. The lowest BCUT2D eigenvalue weighted by molar-refractivity contribution is 0.0931. The largest absolute Gasteiger partial charge is 0.469 e. The van der Waals surface area contributed by atoms with E-state index in [9.17, 15) is 4.79 Å². The van der Waals surface area contributed by atoms with Crippen molar-refractivity contribution in [3.8, 4) is 11.4 Å². The Kier molecular flexibility index (Phi) is 4.01. The number of carbonyl (C=O) groups is 1. The maximum absolute atomic E-state index is 12.5. The molecule has 6 nitrogen and oxygen atoms in total. The molecule has 1 amide bonds. The number of rotatable bonds is 3. The Hall–Kier alpha value is -3.02. The van der Waals surface area contributed by atoms with Crippen LogP contribution in [0.2, 0.25) is 0 Å². The molecule has 0 fully saturated rings. The third-order valence-corrected chi connectivity index (χ3v) is 4.53. The van der Waals surface area contributed by atoms with Gasteiger partial charge >= 0.3 is 0 Å². The molecule has 0 unspecified atom stereocenters. The Morgan fingerprint density at radius 2 is 2.12 bits per heavy atom. The van der Waals surface area contributed by atoms with E-state index in [2.05, 4.69) is 15.3 Å². The molecule has 6 heteroatoms. The molecule has 0 saturated carbocycles. The number of nitrogens with one attached hydrogen (secondary N) is 1. The van der Waals surface area contributed by atoms with Gasteiger partial charge in [-0.2, -0.15) is 0 Å². The summed E-state index contributed by atoms with van der Waals surface area (Å²) in [5.41, 5.74) is 3.51. The predicted molar refractivity (Wildman–Crippen MR) is 91.9 cm³/mol. The molecule has 126 valence electrons. The maximum Gasteiger partial charge on any atom is 0.255 e. The Morgan fingerprint density at radius 1 is 1.28 bits per heavy atom. The van der Waals surface area contributed by atoms with Crippen molar-refractivity contribution in [2.75, 3.05) is 0 Å². The summed E-state index contributed by atoms with van der Waals surface area (Å²) in [6.07, 6.45) is 9.59. The van der Waals surface area contributed by atoms with Gasteiger partial charge in [0.2, 0.25) is 0 Å². The fraction of sp³-hybridized carbons (Fsp3) is 0.263. The van der Waals surface area contributed by atoms with Gasteiger partial charge in [-0.1, -0.05) is 0 Å². The van der Waals surface area contributed by atoms with Gasteiger partial charge in [0.25, 0.3) is 5.91 Å². The summed E-state index contributed by atoms with van der Waals surface area (Å²) in [5, 5.41) is 3.09. The second-order valence-electron chi connectivity index (χ2n) is 6.14. The van der Waals surface area contributed by atoms with Gasteiger partial charge in [-0.25, -0.2) is 9.97 Å². The lowest BCUT2D eigenvalue weighted by atomic mass is 9.92. The van der Waals surface area contributed by atoms with E-state index in [0.717, 1.165) is 36.1 Å². The van der Waals surface area contributed by atoms with Crippen molar-refractivity contribution < 1.29 is 9.21 Å². The zero-order chi connectivity index (χ0) is 17.2. The average molecular weight is 334 g/mol. The molecule has 0 aliphatic heterocycles. The molecule has 3 aromatic rings. The first-order valence-corrected chi connectivity index (χ1v) is 8.33. The summed E-state index contributed by atoms with van der Waals surface area (Å²) < 4.78 is 5.22. The Labute approximate surface area is 145 Å². The lowest BCUT2D eigenvalue weighted by Gasteiger charge is -2.25. The van der Waals surface area contributed by atoms with Crippen LogP contribution in [0.5, 0.6) is 0 Å². The third kappa shape index (κ3) is 3.03. The zero-order valence-electron chi connectivity index (χ0n) is 13.9. The molecule has 4 rings (SSSR count). The number of aryl methyl sites for hydroxylation is 2. The van der Waals surface area contributed by atoms with Crippen LogP contribution in [-0.2, 0) is 6.42 Å². The highest BCUT2D eigenvalue weighted by Gasteiger charge is 2.25. The fourth-order valence-electron chi connectivity index (χ4n) is 3.19. The minimum absolute atomic E-state index is 0.0722. The fourth-order valence-corrected chi connectivity index (χ4v) is 3.19. The van der Waals surface area contributed by atoms with Crippen molar-refractivity contribution in [3.05, 3.63) is 65.6 Å². The minimum atomic E-state index is -0.123. The number of hydrogen-bond acceptors (Lipinski definition) is 5. The number of amides is 1. The molecule has 3 heterocycles. The summed E-state index contributed by atoms with van der Waals surface area (Å²) in [4.78, 5) is 25.7. The van der Waals surface area contributed by atoms with Crippen molar-refractivity contribution in [1.29, 1.82) is 0 Å². The summed E-state index contributed by atoms with van der Waals surface area (Å²) in [6.45, 7) is 1.79. The van der Waals surface area contributed by atoms with Crippen LogP contribution in [0.4, 0.5) is 0 Å². The molecule has 0 saturated heterocycles. The van der Waals surface area contributed by atoms with Crippen LogP contribution in [-0.4, -0.2) is 20.9 Å². The number of pyridine rings is 1. The van der Waals surface area contributed by atoms with Crippen molar-refractivity contribution in [1.82, 2.24) is 20.3 Å². The van der Waals surface area contributed by atoms with Gasteiger partial charge in [-0.3, -0.25) is 9.78 Å². The van der Waals surface area contributed by atoms with Gasteiger partial charge < -0.3 is 9.73 Å². The highest BCUT2D eigenvalue weighted by Crippen LogP contribution is 2.30. The summed E-state index contributed by atoms with van der Waals surface area (Å²) in [7, 11) is 0. The zero-order valence-corrected chi connectivity index (χ0v) is 13.9. The first-order valence-electron chi connectivity index (χ1n) is 8.33. The Morgan fingerprint density at radius 3 is 2.88 bits per heavy atom. The van der Waals surface area contributed by atoms with Crippen LogP contribution in [0.3, 0.4) is 0 Å². The second kappa shape index (κ2) is 6.47. The van der Waals surface area contributed by atoms with E-state index in [-0.39, 0.29) is 11.9 Å². The predicted octanol–water partition coefficient (Wildman–Crippen LogP) is 3.25. The molecule has 1 aliphatic carbocycles. The average Bonchev–Trinajstić information content (AvgIpc) is 3.08. The standard InChI is InChI=1S/C19H18N4O2/c1-12-14(7-10-25-12)19(24)23-17-4-2-3-16-15(17)11-21-18(22-16)13-5-8-20-9-6-13/h5-11,17H,2-4H2,1H3,(H,23,24)/t17-/m0/s1. The van der Waals surface area contributed by atoms with Crippen molar-refractivity contribution in [2.24, 2.45) is 0 Å². The molecule has 1 atom stereocenters. The number of hydrogen-bond donors (Lipinski definition) is 1. The normalized spacial score (nSPS) is 16.3. The molecule has 0 radical (unpaired) electrons. The van der Waals surface area contributed by atoms with Crippen molar-refractivity contribution >= 4 is 5.91 Å². The summed E-state index contributed by atoms with van der Waals surface area (Å²) in [5.74, 6) is 1.19. The highest BCUT2D eigenvalue weighted by atomic mass is 16.3. The Balaban J connectivity index is 1.60. The van der Waals surface area contributed by atoms with E-state index >= 15 is 0 Å². The number of fused-ring (bicyclic) bond motifs is 1. The topological polar surface area (TPSA) is 80.9 Å². The molecule has 25 heavy (non-hydrogen) atoms. The van der Waals surface area contributed by atoms with Crippen molar-refractivity contribution in [3.63, 3.8) is 0 Å². The molecule has 0 aromatic carbocycles. The van der Waals surface area contributed by atoms with Gasteiger partial charge in [0.1, 0.15) is 5.76 Å². The first kappa shape index (κ1) is 15.5. The van der Waals surface area contributed by atoms with Gasteiger partial charge in [-0.15, -0.1) is 0 Å². The van der Waals surface area contributed by atoms with E-state index in [1.165, 1.54) is 6.26 Å². The molecule has 1 N–H and O–H groups in total. The summed E-state index contributed by atoms with van der Waals surface area (Å²) in [6, 6.07) is 5.41. The second-order valence-corrected chi connectivity index (χ2v) is 6.14. The van der Waals surface area contributed by atoms with E-state index in [4.69, 9.17) is 9.40 Å². The van der Waals surface area contributed by atoms with Gasteiger partial charge in [0, 0.05) is 35.4 Å². The highest BCUT2D eigenvalue weighted by molar-refractivity contribution is 5.95. The van der Waals surface area contributed by atoms with Gasteiger partial charge in [0.05, 0.1) is 17.9 Å². The smallest absolute Gasteiger partial charge is 0.255 e. The van der Waals surface area contributed by atoms with Crippen LogP contribution in [0.1, 0.15) is 46.3 Å². The van der Waals surface area contributed by atoms with Crippen LogP contribution in [0.25, 0.3) is 11.4 Å². The van der Waals surface area contributed by atoms with Crippen LogP contribution in [0.15, 0.2) is 47.5 Å². The van der Waals surface area contributed by atoms with Crippen LogP contribution in [0, 0.1) is 6.92 Å².